The van der Waals surface area contributed by atoms with Gasteiger partial charge in [-0.3, -0.25) is 4.55 Å². The number of nitrogens with zero attached hydrogens (tertiary/aromatic N) is 4. The molecule has 1 aliphatic rings. The summed E-state index contributed by atoms with van der Waals surface area (Å²) in [6, 6.07) is 24.1. The Balaban J connectivity index is 0.00000220. The van der Waals surface area contributed by atoms with Crippen LogP contribution in [0.15, 0.2) is 90.0 Å². The van der Waals surface area contributed by atoms with Crippen LogP contribution >= 0.6 is 0 Å². The second-order valence-electron chi connectivity index (χ2n) is 8.55. The monoisotopic (exact) mass is 578 g/mol. The van der Waals surface area contributed by atoms with E-state index in [1.165, 1.54) is 0 Å². The van der Waals surface area contributed by atoms with E-state index in [2.05, 4.69) is 26.0 Å². The van der Waals surface area contributed by atoms with E-state index >= 15 is 0 Å². The summed E-state index contributed by atoms with van der Waals surface area (Å²) in [7, 11) is -4.59. The van der Waals surface area contributed by atoms with Crippen LogP contribution in [-0.4, -0.2) is 54.3 Å². The van der Waals surface area contributed by atoms with Crippen LogP contribution in [0.2, 0.25) is 0 Å². The van der Waals surface area contributed by atoms with E-state index in [-0.39, 0.29) is 78.8 Å². The number of hydrogen-bond donors (Lipinski definition) is 3. The number of anilines is 4. The number of ether oxygens (including phenoxy) is 1. The zero-order valence-electron chi connectivity index (χ0n) is 24.3. The fourth-order valence-electron chi connectivity index (χ4n) is 4.21. The molecule has 0 bridgehead atoms. The van der Waals surface area contributed by atoms with Crippen molar-refractivity contribution in [3.63, 3.8) is 0 Å². The molecule has 3 aromatic carbocycles. The smallest absolute Gasteiger partial charge is 1.00 e. The molecule has 13 heteroatoms. The molecule has 3 N–H and O–H groups in total. The topological polar surface area (TPSA) is 130 Å². The molecule has 0 saturated carbocycles. The van der Waals surface area contributed by atoms with Crippen molar-refractivity contribution in [3.05, 3.63) is 96.2 Å². The number of nitrogens with one attached hydrogen (secondary N) is 2. The Kier molecular flexibility index (Phi) is 12.1. The Bertz CT molecular complexity index is 1540. The number of hydrogen-bond acceptors (Lipinski definition) is 9. The SMILES string of the molecule is O=S(=O)(O)c1c(C=Cc2ccccc2)cccc1Nc1nnncc1N1CCOC(Nc2ccccc2)C1.[H-].[H-].[Na+].[Na+]. The molecular formula is C27H28N6Na2O4S. The Hall–Kier alpha value is -2.32. The molecular weight excluding hydrogens is 550 g/mol. The van der Waals surface area contributed by atoms with E-state index in [0.717, 1.165) is 11.3 Å². The van der Waals surface area contributed by atoms with Crippen LogP contribution in [0.25, 0.3) is 12.2 Å². The largest absolute Gasteiger partial charge is 1.00 e. The van der Waals surface area contributed by atoms with E-state index in [1.807, 2.05) is 65.6 Å². The minimum absolute atomic E-state index is 0. The quantitative estimate of drug-likeness (QED) is 0.130. The van der Waals surface area contributed by atoms with Crippen molar-refractivity contribution in [1.29, 1.82) is 0 Å². The molecule has 1 saturated heterocycles. The predicted octanol–water partition coefficient (Wildman–Crippen LogP) is -1.46. The summed E-state index contributed by atoms with van der Waals surface area (Å²) < 4.78 is 41.0. The molecule has 198 valence electrons. The molecule has 1 unspecified atom stereocenters. The van der Waals surface area contributed by atoms with Crippen molar-refractivity contribution in [1.82, 2.24) is 15.4 Å². The summed E-state index contributed by atoms with van der Waals surface area (Å²) >= 11 is 0. The maximum absolute atomic E-state index is 12.5. The maximum atomic E-state index is 12.5. The first kappa shape index (κ1) is 32.2. The van der Waals surface area contributed by atoms with Gasteiger partial charge in [-0.2, -0.15) is 8.42 Å². The molecule has 2 heterocycles. The number of para-hydroxylation sites is 1. The Morgan fingerprint density at radius 3 is 2.42 bits per heavy atom. The van der Waals surface area contributed by atoms with E-state index in [1.54, 1.807) is 36.5 Å². The third kappa shape index (κ3) is 8.35. The number of morpholine rings is 1. The normalized spacial score (nSPS) is 15.1. The zero-order valence-corrected chi connectivity index (χ0v) is 27.1. The molecule has 40 heavy (non-hydrogen) atoms. The van der Waals surface area contributed by atoms with Gasteiger partial charge in [-0.25, -0.2) is 0 Å². The molecule has 1 atom stereocenters. The summed E-state index contributed by atoms with van der Waals surface area (Å²) in [6.07, 6.45) is 4.70. The van der Waals surface area contributed by atoms with Crippen molar-refractivity contribution < 1.29 is 79.7 Å². The number of aromatic nitrogens is 3. The molecule has 0 amide bonds. The minimum Gasteiger partial charge on any atom is -1.00 e. The summed E-state index contributed by atoms with van der Waals surface area (Å²) in [5, 5.41) is 18.2. The van der Waals surface area contributed by atoms with Gasteiger partial charge in [0.1, 0.15) is 16.8 Å². The number of benzene rings is 3. The van der Waals surface area contributed by atoms with E-state index in [0.29, 0.717) is 36.8 Å². The van der Waals surface area contributed by atoms with Gasteiger partial charge in [0.15, 0.2) is 5.82 Å². The molecule has 1 aliphatic heterocycles. The van der Waals surface area contributed by atoms with Gasteiger partial charge in [0, 0.05) is 12.2 Å². The average Bonchev–Trinajstić information content (AvgIpc) is 2.93. The van der Waals surface area contributed by atoms with E-state index in [9.17, 15) is 13.0 Å². The molecule has 1 aromatic heterocycles. The van der Waals surface area contributed by atoms with E-state index < -0.39 is 10.1 Å². The molecule has 0 spiro atoms. The molecule has 0 aliphatic carbocycles. The van der Waals surface area contributed by atoms with Crippen LogP contribution in [0, 0.1) is 0 Å². The van der Waals surface area contributed by atoms with Gasteiger partial charge in [0.2, 0.25) is 0 Å². The van der Waals surface area contributed by atoms with Crippen molar-refractivity contribution in [2.75, 3.05) is 35.2 Å². The molecule has 1 fully saturated rings. The summed E-state index contributed by atoms with van der Waals surface area (Å²) in [4.78, 5) is 1.77. The van der Waals surface area contributed by atoms with Crippen LogP contribution in [0.3, 0.4) is 0 Å². The molecule has 5 rings (SSSR count). The Morgan fingerprint density at radius 2 is 1.70 bits per heavy atom. The van der Waals surface area contributed by atoms with Gasteiger partial charge in [-0.15, -0.1) is 10.2 Å². The van der Waals surface area contributed by atoms with Crippen LogP contribution < -0.4 is 74.6 Å². The Labute approximate surface area is 280 Å². The van der Waals surface area contributed by atoms with Gasteiger partial charge < -0.3 is 23.1 Å². The fourth-order valence-corrected chi connectivity index (χ4v) is 5.04. The van der Waals surface area contributed by atoms with Crippen molar-refractivity contribution in [2.24, 2.45) is 0 Å². The zero-order chi connectivity index (χ0) is 26.4. The van der Waals surface area contributed by atoms with Crippen LogP contribution in [0.5, 0.6) is 0 Å². The van der Waals surface area contributed by atoms with Gasteiger partial charge in [-0.05, 0) is 34.5 Å². The van der Waals surface area contributed by atoms with Crippen LogP contribution in [0.4, 0.5) is 22.9 Å². The van der Waals surface area contributed by atoms with Gasteiger partial charge in [0.05, 0.1) is 25.0 Å². The van der Waals surface area contributed by atoms with Gasteiger partial charge in [-0.1, -0.05) is 72.8 Å². The summed E-state index contributed by atoms with van der Waals surface area (Å²) in [5.74, 6) is 0.300. The summed E-state index contributed by atoms with van der Waals surface area (Å²) in [5.41, 5.74) is 2.93. The third-order valence-corrected chi connectivity index (χ3v) is 6.91. The van der Waals surface area contributed by atoms with Crippen molar-refractivity contribution in [2.45, 2.75) is 11.1 Å². The molecule has 10 nitrogen and oxygen atoms in total. The standard InChI is InChI=1S/C27H26N6O4S.2Na.2H/c34-38(35,36)26-21(15-14-20-8-3-1-4-9-20)10-7-13-23(26)30-27-24(18-28-32-31-27)33-16-17-37-25(19-33)29-22-11-5-2-6-12-22;;;;/h1-15,18,25,29H,16-17,19H2,(H,28,30,31)(H,34,35,36);;;;/q;2*+1;2*-1. The maximum Gasteiger partial charge on any atom is 1.00 e. The first-order valence-corrected chi connectivity index (χ1v) is 13.4. The fraction of sp³-hybridized carbons (Fsp3) is 0.148. The van der Waals surface area contributed by atoms with Crippen molar-refractivity contribution in [3.8, 4) is 0 Å². The van der Waals surface area contributed by atoms with E-state index in [4.69, 9.17) is 4.74 Å². The third-order valence-electron chi connectivity index (χ3n) is 5.94. The minimum atomic E-state index is -4.59. The Morgan fingerprint density at radius 1 is 0.975 bits per heavy atom. The molecule has 4 aromatic rings. The van der Waals surface area contributed by atoms with Crippen LogP contribution in [0.1, 0.15) is 14.0 Å². The molecule has 0 radical (unpaired) electrons. The number of rotatable bonds is 8. The first-order valence-electron chi connectivity index (χ1n) is 11.9. The second kappa shape index (κ2) is 15.1. The predicted molar refractivity (Wildman–Crippen MR) is 149 cm³/mol. The average molecular weight is 579 g/mol. The summed E-state index contributed by atoms with van der Waals surface area (Å²) in [6.45, 7) is 1.52. The van der Waals surface area contributed by atoms with Crippen molar-refractivity contribution >= 4 is 45.2 Å². The van der Waals surface area contributed by atoms with Crippen LogP contribution in [-0.2, 0) is 14.9 Å². The van der Waals surface area contributed by atoms with Gasteiger partial charge >= 0.3 is 59.1 Å². The second-order valence-corrected chi connectivity index (χ2v) is 9.91. The first-order chi connectivity index (χ1) is 18.5. The van der Waals surface area contributed by atoms with Gasteiger partial charge in [0.25, 0.3) is 10.1 Å².